The van der Waals surface area contributed by atoms with Gasteiger partial charge in [-0.15, -0.1) is 0 Å². The van der Waals surface area contributed by atoms with Crippen molar-refractivity contribution in [3.05, 3.63) is 77.6 Å². The molecule has 0 radical (unpaired) electrons. The molecule has 1 aliphatic heterocycles. The molecule has 1 aromatic carbocycles. The molecule has 0 aliphatic carbocycles. The Morgan fingerprint density at radius 3 is 2.51 bits per heavy atom. The third-order valence-corrected chi connectivity index (χ3v) is 7.89. The van der Waals surface area contributed by atoms with Crippen molar-refractivity contribution in [3.8, 4) is 11.4 Å². The molecule has 1 fully saturated rings. The topological polar surface area (TPSA) is 114 Å². The SMILES string of the molecule is Cc1ccc(C(=O)NCc2cc3nc(-c4cccc(N5C[C@@H](C)O[C@@H](C)C5)n4)ccc3cn2)cc1S(C)(=O)=O. The molecule has 3 aromatic heterocycles. The van der Waals surface area contributed by atoms with E-state index in [1.54, 1.807) is 25.3 Å². The zero-order chi connectivity index (χ0) is 27.7. The maximum atomic E-state index is 12.7. The number of anilines is 1. The first-order valence-electron chi connectivity index (χ1n) is 12.8. The van der Waals surface area contributed by atoms with E-state index in [4.69, 9.17) is 14.7 Å². The summed E-state index contributed by atoms with van der Waals surface area (Å²) in [6, 6.07) is 16.3. The molecule has 10 heteroatoms. The van der Waals surface area contributed by atoms with Crippen LogP contribution in [0, 0.1) is 6.92 Å². The van der Waals surface area contributed by atoms with Crippen LogP contribution in [0.1, 0.15) is 35.5 Å². The highest BCUT2D eigenvalue weighted by atomic mass is 32.2. The number of hydrogen-bond acceptors (Lipinski definition) is 8. The van der Waals surface area contributed by atoms with Gasteiger partial charge in [-0.3, -0.25) is 9.78 Å². The molecule has 1 saturated heterocycles. The Bertz CT molecular complexity index is 1650. The van der Waals surface area contributed by atoms with Crippen molar-refractivity contribution in [1.29, 1.82) is 0 Å². The number of amides is 1. The molecule has 39 heavy (non-hydrogen) atoms. The fourth-order valence-electron chi connectivity index (χ4n) is 4.82. The summed E-state index contributed by atoms with van der Waals surface area (Å²) in [7, 11) is -3.44. The number of aryl methyl sites for hydroxylation is 1. The van der Waals surface area contributed by atoms with Crippen molar-refractivity contribution in [1.82, 2.24) is 20.3 Å². The number of rotatable bonds is 6. The average Bonchev–Trinajstić information content (AvgIpc) is 2.90. The van der Waals surface area contributed by atoms with Gasteiger partial charge in [-0.2, -0.15) is 0 Å². The van der Waals surface area contributed by atoms with E-state index in [0.29, 0.717) is 11.3 Å². The van der Waals surface area contributed by atoms with Crippen LogP contribution in [0.4, 0.5) is 5.82 Å². The number of carbonyl (C=O) groups excluding carboxylic acids is 1. The number of sulfone groups is 1. The van der Waals surface area contributed by atoms with E-state index in [0.717, 1.165) is 47.5 Å². The summed E-state index contributed by atoms with van der Waals surface area (Å²) in [5.74, 6) is 0.515. The van der Waals surface area contributed by atoms with Gasteiger partial charge < -0.3 is 15.0 Å². The molecular weight excluding hydrogens is 514 g/mol. The molecule has 1 aliphatic rings. The monoisotopic (exact) mass is 545 g/mol. The smallest absolute Gasteiger partial charge is 0.251 e. The van der Waals surface area contributed by atoms with Crippen LogP contribution in [0.15, 0.2) is 65.7 Å². The van der Waals surface area contributed by atoms with Gasteiger partial charge in [0, 0.05) is 36.5 Å². The summed E-state index contributed by atoms with van der Waals surface area (Å²) in [4.78, 5) is 29.3. The second-order valence-electron chi connectivity index (χ2n) is 10.0. The summed E-state index contributed by atoms with van der Waals surface area (Å²) in [5, 5.41) is 3.70. The summed E-state index contributed by atoms with van der Waals surface area (Å²) < 4.78 is 29.9. The number of nitrogens with one attached hydrogen (secondary N) is 1. The normalized spacial score (nSPS) is 17.8. The Hall–Kier alpha value is -3.89. The largest absolute Gasteiger partial charge is 0.372 e. The number of pyridine rings is 3. The molecule has 2 atom stereocenters. The van der Waals surface area contributed by atoms with Crippen LogP contribution in [0.25, 0.3) is 22.3 Å². The van der Waals surface area contributed by atoms with Gasteiger partial charge in [0.25, 0.3) is 5.91 Å². The Balaban J connectivity index is 1.34. The number of aromatic nitrogens is 3. The highest BCUT2D eigenvalue weighted by Gasteiger charge is 2.23. The third-order valence-electron chi connectivity index (χ3n) is 6.65. The highest BCUT2D eigenvalue weighted by molar-refractivity contribution is 7.90. The lowest BCUT2D eigenvalue weighted by Gasteiger charge is -2.36. The Morgan fingerprint density at radius 2 is 1.77 bits per heavy atom. The van der Waals surface area contributed by atoms with E-state index in [2.05, 4.69) is 29.0 Å². The summed E-state index contributed by atoms with van der Waals surface area (Å²) >= 11 is 0. The molecule has 0 unspecified atom stereocenters. The van der Waals surface area contributed by atoms with Gasteiger partial charge in [0.15, 0.2) is 9.84 Å². The second-order valence-corrected chi connectivity index (χ2v) is 12.0. The van der Waals surface area contributed by atoms with Gasteiger partial charge in [0.05, 0.1) is 46.2 Å². The molecular formula is C29H31N5O4S. The minimum atomic E-state index is -3.44. The number of ether oxygens (including phenoxy) is 1. The van der Waals surface area contributed by atoms with Gasteiger partial charge in [0.2, 0.25) is 0 Å². The zero-order valence-corrected chi connectivity index (χ0v) is 23.2. The zero-order valence-electron chi connectivity index (χ0n) is 22.4. The lowest BCUT2D eigenvalue weighted by atomic mass is 10.1. The van der Waals surface area contributed by atoms with Gasteiger partial charge in [-0.1, -0.05) is 12.1 Å². The van der Waals surface area contributed by atoms with Crippen LogP contribution in [0.2, 0.25) is 0 Å². The van der Waals surface area contributed by atoms with E-state index in [9.17, 15) is 13.2 Å². The van der Waals surface area contributed by atoms with Crippen molar-refractivity contribution in [2.24, 2.45) is 0 Å². The number of carbonyl (C=O) groups is 1. The third kappa shape index (κ3) is 6.07. The Morgan fingerprint density at radius 1 is 1.03 bits per heavy atom. The summed E-state index contributed by atoms with van der Waals surface area (Å²) in [5.41, 5.74) is 3.76. The molecule has 0 saturated carbocycles. The first kappa shape index (κ1) is 26.7. The van der Waals surface area contributed by atoms with E-state index in [-0.39, 0.29) is 35.1 Å². The lowest BCUT2D eigenvalue weighted by molar-refractivity contribution is -0.00545. The van der Waals surface area contributed by atoms with Crippen LogP contribution < -0.4 is 10.2 Å². The molecule has 5 rings (SSSR count). The lowest BCUT2D eigenvalue weighted by Crippen LogP contribution is -2.45. The number of fused-ring (bicyclic) bond motifs is 1. The summed E-state index contributed by atoms with van der Waals surface area (Å²) in [6.45, 7) is 7.57. The summed E-state index contributed by atoms with van der Waals surface area (Å²) in [6.07, 6.45) is 3.13. The maximum absolute atomic E-state index is 12.7. The Labute approximate surface area is 228 Å². The molecule has 4 aromatic rings. The predicted octanol–water partition coefficient (Wildman–Crippen LogP) is 3.95. The molecule has 0 bridgehead atoms. The highest BCUT2D eigenvalue weighted by Crippen LogP contribution is 2.24. The maximum Gasteiger partial charge on any atom is 0.251 e. The van der Waals surface area contributed by atoms with Gasteiger partial charge in [0.1, 0.15) is 5.82 Å². The quantitative estimate of drug-likeness (QED) is 0.387. The molecule has 202 valence electrons. The first-order valence-corrected chi connectivity index (χ1v) is 14.7. The molecule has 1 N–H and O–H groups in total. The van der Waals surface area contributed by atoms with Gasteiger partial charge in [-0.05, 0) is 68.8 Å². The van der Waals surface area contributed by atoms with Crippen molar-refractivity contribution in [2.75, 3.05) is 24.2 Å². The fraction of sp³-hybridized carbons (Fsp3) is 0.310. The minimum Gasteiger partial charge on any atom is -0.372 e. The fourth-order valence-corrected chi connectivity index (χ4v) is 5.81. The van der Waals surface area contributed by atoms with Crippen molar-refractivity contribution in [3.63, 3.8) is 0 Å². The molecule has 9 nitrogen and oxygen atoms in total. The van der Waals surface area contributed by atoms with Crippen LogP contribution >= 0.6 is 0 Å². The van der Waals surface area contributed by atoms with Crippen molar-refractivity contribution in [2.45, 2.75) is 44.4 Å². The van der Waals surface area contributed by atoms with Crippen LogP contribution in [-0.2, 0) is 21.1 Å². The van der Waals surface area contributed by atoms with Gasteiger partial charge in [-0.25, -0.2) is 18.4 Å². The first-order chi connectivity index (χ1) is 18.6. The Kier molecular flexibility index (Phi) is 7.33. The van der Waals surface area contributed by atoms with Crippen LogP contribution in [-0.4, -0.2) is 60.8 Å². The number of benzene rings is 1. The van der Waals surface area contributed by atoms with E-state index in [1.165, 1.54) is 6.07 Å². The molecule has 4 heterocycles. The minimum absolute atomic E-state index is 0.136. The number of hydrogen-bond donors (Lipinski definition) is 1. The number of nitrogens with zero attached hydrogens (tertiary/aromatic N) is 4. The van der Waals surface area contributed by atoms with Crippen molar-refractivity contribution >= 4 is 32.5 Å². The van der Waals surface area contributed by atoms with Crippen LogP contribution in [0.3, 0.4) is 0 Å². The predicted molar refractivity (Wildman–Crippen MR) is 150 cm³/mol. The molecule has 1 amide bonds. The number of morpholine rings is 1. The van der Waals surface area contributed by atoms with E-state index in [1.807, 2.05) is 36.4 Å². The molecule has 0 spiro atoms. The standard InChI is InChI=1S/C29H31N5O4S/c1-18-8-9-21(12-27(18)39(4,36)37)29(35)31-15-23-13-26-22(14-30-23)10-11-25(32-26)24-6-5-7-28(33-24)34-16-19(2)38-20(3)17-34/h5-14,19-20H,15-17H2,1-4H3,(H,31,35)/t19-,20+. The second kappa shape index (κ2) is 10.7. The van der Waals surface area contributed by atoms with Gasteiger partial charge >= 0.3 is 0 Å². The van der Waals surface area contributed by atoms with E-state index >= 15 is 0 Å². The van der Waals surface area contributed by atoms with E-state index < -0.39 is 9.84 Å². The average molecular weight is 546 g/mol. The van der Waals surface area contributed by atoms with Crippen molar-refractivity contribution < 1.29 is 17.9 Å². The van der Waals surface area contributed by atoms with Crippen LogP contribution in [0.5, 0.6) is 0 Å².